The third-order valence-electron chi connectivity index (χ3n) is 2.33. The Morgan fingerprint density at radius 2 is 1.94 bits per heavy atom. The molecule has 5 heteroatoms. The number of nitrogens with one attached hydrogen (secondary N) is 1. The van der Waals surface area contributed by atoms with E-state index in [1.807, 2.05) is 0 Å². The number of anilines is 1. The number of hydrogen-bond donors (Lipinski definition) is 2. The Morgan fingerprint density at radius 3 is 2.61 bits per heavy atom. The molecular weight excluding hydrogens is 318 g/mol. The number of para-hydroxylation sites is 2. The highest BCUT2D eigenvalue weighted by atomic mass is 79.9. The summed E-state index contributed by atoms with van der Waals surface area (Å²) in [6.45, 7) is 0. The molecule has 0 saturated carbocycles. The van der Waals surface area contributed by atoms with Crippen LogP contribution in [-0.2, 0) is 0 Å². The second-order valence-corrected chi connectivity index (χ2v) is 4.89. The SMILES string of the molecule is O=C(Nc1ccccc1O)c1ccc(Cl)cc1Br. The van der Waals surface area contributed by atoms with Gasteiger partial charge in [-0.15, -0.1) is 0 Å². The van der Waals surface area contributed by atoms with Crippen LogP contribution in [0.4, 0.5) is 5.69 Å². The van der Waals surface area contributed by atoms with Gasteiger partial charge in [0, 0.05) is 9.50 Å². The zero-order valence-corrected chi connectivity index (χ0v) is 11.5. The van der Waals surface area contributed by atoms with Crippen LogP contribution in [0.5, 0.6) is 5.75 Å². The Labute approximate surface area is 118 Å². The summed E-state index contributed by atoms with van der Waals surface area (Å²) in [5.74, 6) is -0.295. The maximum Gasteiger partial charge on any atom is 0.256 e. The standard InChI is InChI=1S/C13H9BrClNO2/c14-10-7-8(15)5-6-9(10)13(18)16-11-3-1-2-4-12(11)17/h1-7,17H,(H,16,18). The summed E-state index contributed by atoms with van der Waals surface area (Å²) < 4.78 is 0.600. The minimum Gasteiger partial charge on any atom is -0.506 e. The monoisotopic (exact) mass is 325 g/mol. The van der Waals surface area contributed by atoms with E-state index in [1.54, 1.807) is 36.4 Å². The van der Waals surface area contributed by atoms with E-state index in [4.69, 9.17) is 11.6 Å². The fourth-order valence-electron chi connectivity index (χ4n) is 1.44. The van der Waals surface area contributed by atoms with E-state index in [1.165, 1.54) is 6.07 Å². The smallest absolute Gasteiger partial charge is 0.256 e. The Kier molecular flexibility index (Phi) is 3.89. The topological polar surface area (TPSA) is 49.3 Å². The maximum absolute atomic E-state index is 12.0. The quantitative estimate of drug-likeness (QED) is 0.818. The van der Waals surface area contributed by atoms with Gasteiger partial charge in [-0.25, -0.2) is 0 Å². The highest BCUT2D eigenvalue weighted by Crippen LogP contribution is 2.25. The molecule has 3 nitrogen and oxygen atoms in total. The maximum atomic E-state index is 12.0. The Hall–Kier alpha value is -1.52. The van der Waals surface area contributed by atoms with E-state index in [0.717, 1.165) is 0 Å². The van der Waals surface area contributed by atoms with E-state index >= 15 is 0 Å². The molecule has 0 bridgehead atoms. The summed E-state index contributed by atoms with van der Waals surface area (Å²) in [6.07, 6.45) is 0. The number of phenols is 1. The van der Waals surface area contributed by atoms with Gasteiger partial charge in [0.1, 0.15) is 5.75 Å². The zero-order chi connectivity index (χ0) is 13.1. The molecule has 1 amide bonds. The van der Waals surface area contributed by atoms with Crippen LogP contribution in [0.2, 0.25) is 5.02 Å². The minimum atomic E-state index is -0.319. The Balaban J connectivity index is 2.25. The molecule has 0 aliphatic rings. The molecule has 0 fully saturated rings. The third kappa shape index (κ3) is 2.83. The van der Waals surface area contributed by atoms with Crippen molar-refractivity contribution in [3.8, 4) is 5.75 Å². The lowest BCUT2D eigenvalue weighted by molar-refractivity contribution is 0.102. The fraction of sp³-hybridized carbons (Fsp3) is 0. The van der Waals surface area contributed by atoms with Gasteiger partial charge < -0.3 is 10.4 Å². The molecular formula is C13H9BrClNO2. The van der Waals surface area contributed by atoms with Crippen LogP contribution >= 0.6 is 27.5 Å². The highest BCUT2D eigenvalue weighted by molar-refractivity contribution is 9.10. The average molecular weight is 327 g/mol. The van der Waals surface area contributed by atoms with Gasteiger partial charge in [0.25, 0.3) is 5.91 Å². The van der Waals surface area contributed by atoms with Crippen LogP contribution in [0, 0.1) is 0 Å². The van der Waals surface area contributed by atoms with Gasteiger partial charge in [-0.3, -0.25) is 4.79 Å². The number of carbonyl (C=O) groups excluding carboxylic acids is 1. The molecule has 0 radical (unpaired) electrons. The summed E-state index contributed by atoms with van der Waals surface area (Å²) in [4.78, 5) is 12.0. The molecule has 0 unspecified atom stereocenters. The van der Waals surface area contributed by atoms with Gasteiger partial charge in [-0.1, -0.05) is 23.7 Å². The molecule has 0 saturated heterocycles. The van der Waals surface area contributed by atoms with Gasteiger partial charge in [-0.05, 0) is 46.3 Å². The predicted octanol–water partition coefficient (Wildman–Crippen LogP) is 4.06. The molecule has 2 aromatic rings. The zero-order valence-electron chi connectivity index (χ0n) is 9.15. The number of halogens is 2. The summed E-state index contributed by atoms with van der Waals surface area (Å²) in [5.41, 5.74) is 0.812. The van der Waals surface area contributed by atoms with E-state index in [-0.39, 0.29) is 11.7 Å². The molecule has 0 aliphatic heterocycles. The molecule has 2 aromatic carbocycles. The van der Waals surface area contributed by atoms with Crippen molar-refractivity contribution >= 4 is 39.1 Å². The molecule has 0 heterocycles. The molecule has 2 N–H and O–H groups in total. The average Bonchev–Trinajstić information content (AvgIpc) is 2.32. The first-order valence-electron chi connectivity index (χ1n) is 5.12. The van der Waals surface area contributed by atoms with Crippen LogP contribution in [0.1, 0.15) is 10.4 Å². The van der Waals surface area contributed by atoms with Crippen molar-refractivity contribution in [2.75, 3.05) is 5.32 Å². The highest BCUT2D eigenvalue weighted by Gasteiger charge is 2.12. The molecule has 0 spiro atoms. The molecule has 2 rings (SSSR count). The first kappa shape index (κ1) is 12.9. The van der Waals surface area contributed by atoms with Crippen molar-refractivity contribution < 1.29 is 9.90 Å². The number of phenolic OH excluding ortho intramolecular Hbond substituents is 1. The molecule has 0 aromatic heterocycles. The van der Waals surface area contributed by atoms with Gasteiger partial charge in [0.2, 0.25) is 0 Å². The van der Waals surface area contributed by atoms with E-state index < -0.39 is 0 Å². The van der Waals surface area contributed by atoms with E-state index in [0.29, 0.717) is 20.7 Å². The second-order valence-electron chi connectivity index (χ2n) is 3.60. The lowest BCUT2D eigenvalue weighted by atomic mass is 10.2. The van der Waals surface area contributed by atoms with Crippen LogP contribution in [0.25, 0.3) is 0 Å². The molecule has 0 atom stereocenters. The Morgan fingerprint density at radius 1 is 1.22 bits per heavy atom. The number of amides is 1. The number of benzene rings is 2. The van der Waals surface area contributed by atoms with Crippen LogP contribution in [0.15, 0.2) is 46.9 Å². The van der Waals surface area contributed by atoms with Gasteiger partial charge in [0.05, 0.1) is 11.3 Å². The van der Waals surface area contributed by atoms with Crippen molar-refractivity contribution in [2.45, 2.75) is 0 Å². The van der Waals surface area contributed by atoms with Crippen LogP contribution in [-0.4, -0.2) is 11.0 Å². The fourth-order valence-corrected chi connectivity index (χ4v) is 2.31. The summed E-state index contributed by atoms with van der Waals surface area (Å²) in [6, 6.07) is 11.4. The number of carbonyl (C=O) groups is 1. The number of aromatic hydroxyl groups is 1. The van der Waals surface area contributed by atoms with Gasteiger partial charge in [0.15, 0.2) is 0 Å². The first-order valence-corrected chi connectivity index (χ1v) is 6.29. The minimum absolute atomic E-state index is 0.0240. The van der Waals surface area contributed by atoms with E-state index in [9.17, 15) is 9.90 Å². The molecule has 18 heavy (non-hydrogen) atoms. The lowest BCUT2D eigenvalue weighted by Crippen LogP contribution is -2.12. The van der Waals surface area contributed by atoms with Gasteiger partial charge in [-0.2, -0.15) is 0 Å². The summed E-state index contributed by atoms with van der Waals surface area (Å²) in [5, 5.41) is 12.7. The van der Waals surface area contributed by atoms with Crippen LogP contribution in [0.3, 0.4) is 0 Å². The largest absolute Gasteiger partial charge is 0.506 e. The predicted molar refractivity (Wildman–Crippen MR) is 75.2 cm³/mol. The van der Waals surface area contributed by atoms with Crippen molar-refractivity contribution in [1.29, 1.82) is 0 Å². The van der Waals surface area contributed by atoms with Crippen molar-refractivity contribution in [1.82, 2.24) is 0 Å². The third-order valence-corrected chi connectivity index (χ3v) is 3.22. The van der Waals surface area contributed by atoms with E-state index in [2.05, 4.69) is 21.2 Å². The number of hydrogen-bond acceptors (Lipinski definition) is 2. The summed E-state index contributed by atoms with van der Waals surface area (Å²) >= 11 is 9.08. The number of rotatable bonds is 2. The first-order chi connectivity index (χ1) is 8.58. The Bertz CT molecular complexity index is 601. The summed E-state index contributed by atoms with van der Waals surface area (Å²) in [7, 11) is 0. The molecule has 0 aliphatic carbocycles. The van der Waals surface area contributed by atoms with Crippen molar-refractivity contribution in [2.24, 2.45) is 0 Å². The van der Waals surface area contributed by atoms with Crippen LogP contribution < -0.4 is 5.32 Å². The van der Waals surface area contributed by atoms with Crippen molar-refractivity contribution in [3.63, 3.8) is 0 Å². The van der Waals surface area contributed by atoms with Gasteiger partial charge >= 0.3 is 0 Å². The van der Waals surface area contributed by atoms with Crippen molar-refractivity contribution in [3.05, 3.63) is 57.5 Å². The second kappa shape index (κ2) is 5.42. The molecule has 92 valence electrons. The normalized spacial score (nSPS) is 10.1. The lowest BCUT2D eigenvalue weighted by Gasteiger charge is -2.08.